The summed E-state index contributed by atoms with van der Waals surface area (Å²) in [5, 5.41) is -0.188. The fraction of sp³-hybridized carbons (Fsp3) is 0.500. The first-order chi connectivity index (χ1) is 8.25. The van der Waals surface area contributed by atoms with Crippen molar-refractivity contribution in [2.75, 3.05) is 0 Å². The van der Waals surface area contributed by atoms with Gasteiger partial charge in [0.25, 0.3) is 0 Å². The molecular formula is C14H17ClO2. The van der Waals surface area contributed by atoms with Crippen molar-refractivity contribution in [2.24, 2.45) is 5.92 Å². The third kappa shape index (κ3) is 3.83. The Morgan fingerprint density at radius 2 is 1.82 bits per heavy atom. The van der Waals surface area contributed by atoms with Crippen LogP contribution in [-0.2, 0) is 16.1 Å². The van der Waals surface area contributed by atoms with Crippen molar-refractivity contribution in [3.63, 3.8) is 0 Å². The van der Waals surface area contributed by atoms with E-state index in [0.29, 0.717) is 6.61 Å². The van der Waals surface area contributed by atoms with Gasteiger partial charge < -0.3 is 4.74 Å². The van der Waals surface area contributed by atoms with E-state index in [1.807, 2.05) is 18.2 Å². The molecule has 0 saturated heterocycles. The summed E-state index contributed by atoms with van der Waals surface area (Å²) in [6, 6.07) is 10.2. The van der Waals surface area contributed by atoms with Gasteiger partial charge in [0.1, 0.15) is 0 Å². The number of hydrogen-bond acceptors (Lipinski definition) is 2. The van der Waals surface area contributed by atoms with Gasteiger partial charge >= 0.3 is 0 Å². The second-order valence-corrected chi connectivity index (χ2v) is 4.95. The number of halogens is 1. The molecule has 2 nitrogen and oxygen atoms in total. The predicted molar refractivity (Wildman–Crippen MR) is 67.8 cm³/mol. The molecule has 0 bridgehead atoms. The van der Waals surface area contributed by atoms with Gasteiger partial charge in [-0.05, 0) is 42.8 Å². The second kappa shape index (κ2) is 6.18. The van der Waals surface area contributed by atoms with E-state index in [4.69, 9.17) is 16.3 Å². The van der Waals surface area contributed by atoms with Gasteiger partial charge in [-0.1, -0.05) is 30.3 Å². The molecule has 0 N–H and O–H groups in total. The van der Waals surface area contributed by atoms with Gasteiger partial charge in [0.15, 0.2) is 0 Å². The molecule has 0 amide bonds. The lowest BCUT2D eigenvalue weighted by Crippen LogP contribution is -2.24. The fourth-order valence-corrected chi connectivity index (χ4v) is 2.46. The van der Waals surface area contributed by atoms with Gasteiger partial charge in [0.2, 0.25) is 5.24 Å². The first-order valence-electron chi connectivity index (χ1n) is 6.10. The Labute approximate surface area is 107 Å². The molecule has 0 aliphatic heterocycles. The number of carbonyl (C=O) groups excluding carboxylic acids is 1. The summed E-state index contributed by atoms with van der Waals surface area (Å²) >= 11 is 5.50. The minimum atomic E-state index is -0.188. The lowest BCUT2D eigenvalue weighted by molar-refractivity contribution is -0.117. The standard InChI is InChI=1S/C14H17ClO2/c15-14(16)12-6-8-13(9-7-12)17-10-11-4-2-1-3-5-11/h1-5,12-13H,6-10H2/t12-,13-. The summed E-state index contributed by atoms with van der Waals surface area (Å²) in [5.74, 6) is 0.0493. The Morgan fingerprint density at radius 3 is 2.41 bits per heavy atom. The Hall–Kier alpha value is -0.860. The van der Waals surface area contributed by atoms with Gasteiger partial charge in [-0.25, -0.2) is 0 Å². The summed E-state index contributed by atoms with van der Waals surface area (Å²) < 4.78 is 5.84. The maximum atomic E-state index is 11.0. The first kappa shape index (κ1) is 12.6. The van der Waals surface area contributed by atoms with Crippen molar-refractivity contribution in [3.05, 3.63) is 35.9 Å². The summed E-state index contributed by atoms with van der Waals surface area (Å²) in [7, 11) is 0. The summed E-state index contributed by atoms with van der Waals surface area (Å²) in [6.07, 6.45) is 3.89. The van der Waals surface area contributed by atoms with Crippen molar-refractivity contribution in [2.45, 2.75) is 38.4 Å². The van der Waals surface area contributed by atoms with Crippen molar-refractivity contribution < 1.29 is 9.53 Å². The highest BCUT2D eigenvalue weighted by molar-refractivity contribution is 6.63. The monoisotopic (exact) mass is 252 g/mol. The van der Waals surface area contributed by atoms with Gasteiger partial charge in [-0.15, -0.1) is 0 Å². The number of hydrogen-bond donors (Lipinski definition) is 0. The number of ether oxygens (including phenoxy) is 1. The number of carbonyl (C=O) groups is 1. The molecule has 1 saturated carbocycles. The topological polar surface area (TPSA) is 26.3 Å². The van der Waals surface area contributed by atoms with Gasteiger partial charge in [0.05, 0.1) is 12.7 Å². The highest BCUT2D eigenvalue weighted by Crippen LogP contribution is 2.28. The first-order valence-corrected chi connectivity index (χ1v) is 6.48. The van der Waals surface area contributed by atoms with Crippen LogP contribution in [0, 0.1) is 5.92 Å². The molecule has 0 heterocycles. The van der Waals surface area contributed by atoms with Crippen LogP contribution >= 0.6 is 11.6 Å². The smallest absolute Gasteiger partial charge is 0.224 e. The Bertz CT molecular complexity index is 356. The van der Waals surface area contributed by atoms with E-state index < -0.39 is 0 Å². The van der Waals surface area contributed by atoms with E-state index in [-0.39, 0.29) is 17.3 Å². The van der Waals surface area contributed by atoms with Crippen LogP contribution in [-0.4, -0.2) is 11.3 Å². The molecule has 92 valence electrons. The van der Waals surface area contributed by atoms with Gasteiger partial charge in [-0.2, -0.15) is 0 Å². The highest BCUT2D eigenvalue weighted by Gasteiger charge is 2.25. The third-order valence-corrected chi connectivity index (χ3v) is 3.63. The molecule has 0 unspecified atom stereocenters. The molecule has 17 heavy (non-hydrogen) atoms. The quantitative estimate of drug-likeness (QED) is 0.767. The maximum Gasteiger partial charge on any atom is 0.224 e. The van der Waals surface area contributed by atoms with Crippen molar-refractivity contribution >= 4 is 16.8 Å². The molecule has 0 spiro atoms. The minimum absolute atomic E-state index is 0.0493. The average Bonchev–Trinajstić information content (AvgIpc) is 2.38. The molecule has 3 heteroatoms. The SMILES string of the molecule is O=C(Cl)[C@H]1CC[C@H](OCc2ccccc2)CC1. The summed E-state index contributed by atoms with van der Waals surface area (Å²) in [5.41, 5.74) is 1.20. The zero-order valence-electron chi connectivity index (χ0n) is 9.77. The van der Waals surface area contributed by atoms with E-state index >= 15 is 0 Å². The Balaban J connectivity index is 1.74. The molecule has 0 aromatic heterocycles. The van der Waals surface area contributed by atoms with Crippen molar-refractivity contribution in [3.8, 4) is 0 Å². The van der Waals surface area contributed by atoms with Crippen LogP contribution in [0.2, 0.25) is 0 Å². The highest BCUT2D eigenvalue weighted by atomic mass is 35.5. The molecular weight excluding hydrogens is 236 g/mol. The van der Waals surface area contributed by atoms with E-state index in [9.17, 15) is 4.79 Å². The van der Waals surface area contributed by atoms with Gasteiger partial charge in [-0.3, -0.25) is 4.79 Å². The largest absolute Gasteiger partial charge is 0.374 e. The molecule has 0 atom stereocenters. The maximum absolute atomic E-state index is 11.0. The summed E-state index contributed by atoms with van der Waals surface area (Å²) in [6.45, 7) is 0.658. The molecule has 0 radical (unpaired) electrons. The van der Waals surface area contributed by atoms with Crippen molar-refractivity contribution in [1.82, 2.24) is 0 Å². The third-order valence-electron chi connectivity index (χ3n) is 3.32. The number of rotatable bonds is 4. The lowest BCUT2D eigenvalue weighted by Gasteiger charge is -2.26. The fourth-order valence-electron chi connectivity index (χ4n) is 2.24. The van der Waals surface area contributed by atoms with Crippen LogP contribution in [0.1, 0.15) is 31.2 Å². The lowest BCUT2D eigenvalue weighted by atomic mass is 9.88. The van der Waals surface area contributed by atoms with Crippen molar-refractivity contribution in [1.29, 1.82) is 0 Å². The van der Waals surface area contributed by atoms with Crippen LogP contribution in [0.5, 0.6) is 0 Å². The molecule has 1 aliphatic rings. The zero-order chi connectivity index (χ0) is 12.1. The second-order valence-electron chi connectivity index (χ2n) is 4.57. The molecule has 1 aromatic rings. The van der Waals surface area contributed by atoms with Crippen LogP contribution in [0.4, 0.5) is 0 Å². The minimum Gasteiger partial charge on any atom is -0.374 e. The Kier molecular flexibility index (Phi) is 4.57. The summed E-state index contributed by atoms with van der Waals surface area (Å²) in [4.78, 5) is 11.0. The van der Waals surface area contributed by atoms with Crippen LogP contribution in [0.3, 0.4) is 0 Å². The molecule has 1 fully saturated rings. The molecule has 1 aliphatic carbocycles. The van der Waals surface area contributed by atoms with E-state index in [2.05, 4.69) is 12.1 Å². The zero-order valence-corrected chi connectivity index (χ0v) is 10.5. The van der Waals surface area contributed by atoms with E-state index in [1.54, 1.807) is 0 Å². The average molecular weight is 253 g/mol. The Morgan fingerprint density at radius 1 is 1.18 bits per heavy atom. The van der Waals surface area contributed by atoms with E-state index in [0.717, 1.165) is 25.7 Å². The molecule has 1 aromatic carbocycles. The molecule has 2 rings (SSSR count). The van der Waals surface area contributed by atoms with Gasteiger partial charge in [0, 0.05) is 5.92 Å². The number of benzene rings is 1. The van der Waals surface area contributed by atoms with Crippen LogP contribution in [0.25, 0.3) is 0 Å². The van der Waals surface area contributed by atoms with Crippen LogP contribution in [0.15, 0.2) is 30.3 Å². The normalized spacial score (nSPS) is 24.5. The van der Waals surface area contributed by atoms with E-state index in [1.165, 1.54) is 5.56 Å². The predicted octanol–water partition coefficient (Wildman–Crippen LogP) is 3.53. The van der Waals surface area contributed by atoms with Crippen LogP contribution < -0.4 is 0 Å².